The van der Waals surface area contributed by atoms with E-state index in [1.807, 2.05) is 0 Å². The number of nitrogens with one attached hydrogen (secondary N) is 1. The molecule has 1 aliphatic rings. The summed E-state index contributed by atoms with van der Waals surface area (Å²) in [5.41, 5.74) is -3.31. The number of ether oxygens (including phenoxy) is 1. The minimum atomic E-state index is -5.50. The number of aromatic amines is 1. The summed E-state index contributed by atoms with van der Waals surface area (Å²) < 4.78 is 73.8. The van der Waals surface area contributed by atoms with Crippen LogP contribution in [0.3, 0.4) is 0 Å². The lowest BCUT2D eigenvalue weighted by Gasteiger charge is -2.38. The van der Waals surface area contributed by atoms with Crippen LogP contribution in [0, 0.1) is 11.6 Å². The zero-order valence-electron chi connectivity index (χ0n) is 19.6. The molecule has 0 saturated heterocycles. The van der Waals surface area contributed by atoms with Crippen LogP contribution in [0.15, 0.2) is 60.7 Å². The molecule has 2 amide bonds. The number of alkyl halides is 3. The van der Waals surface area contributed by atoms with Crippen molar-refractivity contribution in [2.75, 3.05) is 16.8 Å². The molecule has 4 aromatic rings. The van der Waals surface area contributed by atoms with Crippen molar-refractivity contribution in [3.8, 4) is 0 Å². The third kappa shape index (κ3) is 4.00. The van der Waals surface area contributed by atoms with Gasteiger partial charge in [0.05, 0.1) is 16.7 Å². The van der Waals surface area contributed by atoms with Gasteiger partial charge in [-0.1, -0.05) is 24.3 Å². The normalized spacial score (nSPS) is 16.9. The number of H-pyrrole nitrogens is 1. The zero-order chi connectivity index (χ0) is 28.3. The molecule has 0 spiro atoms. The molecule has 200 valence electrons. The number of halogens is 5. The summed E-state index contributed by atoms with van der Waals surface area (Å²) in [6.45, 7) is 0. The molecule has 39 heavy (non-hydrogen) atoms. The molecule has 1 unspecified atom stereocenters. The summed E-state index contributed by atoms with van der Waals surface area (Å²) in [6, 6.07) is 11.3. The molecule has 9 nitrogen and oxygen atoms in total. The standard InChI is InChI=1S/C25H15F5N4O5/c1-33(23(37)38)22-31-18-9-6-12(10-19(18)32-22)24(39-21(36)25(28,29)30)15-5-3-2-4-14(15)20(35)34(24)13-7-8-16(26)17(27)11-13/h2-11H,1H3,(H,31,32)(H,37,38). The van der Waals surface area contributed by atoms with E-state index in [1.165, 1.54) is 49.5 Å². The first-order chi connectivity index (χ1) is 18.3. The molecule has 5 rings (SSSR count). The lowest BCUT2D eigenvalue weighted by molar-refractivity contribution is -0.211. The first-order valence-electron chi connectivity index (χ1n) is 11.0. The van der Waals surface area contributed by atoms with E-state index in [-0.39, 0.29) is 33.7 Å². The second-order valence-corrected chi connectivity index (χ2v) is 8.45. The van der Waals surface area contributed by atoms with E-state index in [1.54, 1.807) is 0 Å². The fourth-order valence-corrected chi connectivity index (χ4v) is 4.36. The minimum Gasteiger partial charge on any atom is -0.465 e. The van der Waals surface area contributed by atoms with Gasteiger partial charge in [0, 0.05) is 29.8 Å². The van der Waals surface area contributed by atoms with Crippen molar-refractivity contribution in [1.29, 1.82) is 0 Å². The third-order valence-corrected chi connectivity index (χ3v) is 6.14. The lowest BCUT2D eigenvalue weighted by Crippen LogP contribution is -2.50. The maximum Gasteiger partial charge on any atom is 0.491 e. The van der Waals surface area contributed by atoms with Crippen molar-refractivity contribution >= 4 is 40.6 Å². The van der Waals surface area contributed by atoms with Gasteiger partial charge in [-0.25, -0.2) is 23.4 Å². The quantitative estimate of drug-likeness (QED) is 0.277. The van der Waals surface area contributed by atoms with Crippen LogP contribution in [0.4, 0.5) is 38.4 Å². The average Bonchev–Trinajstić information content (AvgIpc) is 3.42. The van der Waals surface area contributed by atoms with Crippen molar-refractivity contribution in [3.63, 3.8) is 0 Å². The number of fused-ring (bicyclic) bond motifs is 2. The molecular weight excluding hydrogens is 531 g/mol. The van der Waals surface area contributed by atoms with E-state index < -0.39 is 47.2 Å². The number of carbonyl (C=O) groups is 3. The highest BCUT2D eigenvalue weighted by molar-refractivity contribution is 6.13. The van der Waals surface area contributed by atoms with Gasteiger partial charge in [-0.2, -0.15) is 13.2 Å². The van der Waals surface area contributed by atoms with Gasteiger partial charge in [-0.15, -0.1) is 0 Å². The Hall–Kier alpha value is -5.01. The molecule has 0 aliphatic carbocycles. The number of nitrogens with zero attached hydrogens (tertiary/aromatic N) is 3. The molecule has 0 fully saturated rings. The smallest absolute Gasteiger partial charge is 0.465 e. The van der Waals surface area contributed by atoms with Crippen LogP contribution in [-0.4, -0.2) is 46.3 Å². The van der Waals surface area contributed by atoms with Gasteiger partial charge in [0.1, 0.15) is 0 Å². The number of carbonyl (C=O) groups excluding carboxylic acids is 2. The van der Waals surface area contributed by atoms with Crippen LogP contribution in [-0.2, 0) is 15.3 Å². The van der Waals surface area contributed by atoms with Crippen LogP contribution in [0.25, 0.3) is 11.0 Å². The van der Waals surface area contributed by atoms with Gasteiger partial charge in [0.25, 0.3) is 5.91 Å². The molecule has 0 bridgehead atoms. The Labute approximate surface area is 215 Å². The summed E-state index contributed by atoms with van der Waals surface area (Å²) in [4.78, 5) is 45.5. The van der Waals surface area contributed by atoms with Gasteiger partial charge in [0.15, 0.2) is 11.6 Å². The van der Waals surface area contributed by atoms with Crippen LogP contribution in [0.1, 0.15) is 21.5 Å². The highest BCUT2D eigenvalue weighted by Crippen LogP contribution is 2.49. The summed E-state index contributed by atoms with van der Waals surface area (Å²) in [5.74, 6) is -6.44. The summed E-state index contributed by atoms with van der Waals surface area (Å²) in [6.07, 6.45) is -6.86. The number of benzene rings is 3. The van der Waals surface area contributed by atoms with Crippen molar-refractivity contribution in [3.05, 3.63) is 89.0 Å². The van der Waals surface area contributed by atoms with E-state index in [0.717, 1.165) is 11.0 Å². The first kappa shape index (κ1) is 25.6. The zero-order valence-corrected chi connectivity index (χ0v) is 19.6. The second kappa shape index (κ2) is 8.79. The Balaban J connectivity index is 1.82. The predicted octanol–water partition coefficient (Wildman–Crippen LogP) is 4.92. The van der Waals surface area contributed by atoms with Gasteiger partial charge in [0.2, 0.25) is 11.7 Å². The maximum atomic E-state index is 14.3. The average molecular weight is 546 g/mol. The van der Waals surface area contributed by atoms with Crippen LogP contribution in [0.2, 0.25) is 0 Å². The van der Waals surface area contributed by atoms with E-state index >= 15 is 0 Å². The molecular formula is C25H15F5N4O5. The van der Waals surface area contributed by atoms with Gasteiger partial charge in [-0.05, 0) is 30.3 Å². The molecule has 2 N–H and O–H groups in total. The van der Waals surface area contributed by atoms with Crippen molar-refractivity contribution in [2.45, 2.75) is 11.9 Å². The number of imidazole rings is 1. The minimum absolute atomic E-state index is 0.0418. The number of hydrogen-bond donors (Lipinski definition) is 2. The molecule has 2 heterocycles. The fraction of sp³-hybridized carbons (Fsp3) is 0.120. The van der Waals surface area contributed by atoms with Crippen LogP contribution in [0.5, 0.6) is 0 Å². The summed E-state index contributed by atoms with van der Waals surface area (Å²) in [5, 5.41) is 9.25. The number of esters is 1. The molecule has 3 aromatic carbocycles. The van der Waals surface area contributed by atoms with Crippen LogP contribution < -0.4 is 9.80 Å². The molecule has 14 heteroatoms. The van der Waals surface area contributed by atoms with E-state index in [9.17, 15) is 41.4 Å². The molecule has 0 saturated carbocycles. The number of rotatable bonds is 4. The lowest BCUT2D eigenvalue weighted by atomic mass is 9.92. The monoisotopic (exact) mass is 546 g/mol. The molecule has 1 aliphatic heterocycles. The first-order valence-corrected chi connectivity index (χ1v) is 11.0. The van der Waals surface area contributed by atoms with Gasteiger partial charge >= 0.3 is 18.2 Å². The van der Waals surface area contributed by atoms with E-state index in [0.29, 0.717) is 17.0 Å². The Morgan fingerprint density at radius 1 is 1.05 bits per heavy atom. The largest absolute Gasteiger partial charge is 0.491 e. The highest BCUT2D eigenvalue weighted by Gasteiger charge is 2.58. The van der Waals surface area contributed by atoms with Crippen molar-refractivity contribution in [2.24, 2.45) is 0 Å². The Morgan fingerprint density at radius 2 is 1.77 bits per heavy atom. The number of hydrogen-bond acceptors (Lipinski definition) is 5. The summed E-state index contributed by atoms with van der Waals surface area (Å²) >= 11 is 0. The number of carboxylic acid groups (broad SMARTS) is 1. The third-order valence-electron chi connectivity index (χ3n) is 6.14. The highest BCUT2D eigenvalue weighted by atomic mass is 19.4. The molecule has 1 atom stereocenters. The summed E-state index contributed by atoms with van der Waals surface area (Å²) in [7, 11) is 1.20. The SMILES string of the molecule is CN(C(=O)O)c1nc2cc(C3(OC(=O)C(F)(F)F)c4ccccc4C(=O)N3c3ccc(F)c(F)c3)ccc2[nH]1. The van der Waals surface area contributed by atoms with Crippen LogP contribution >= 0.6 is 0 Å². The Morgan fingerprint density at radius 3 is 2.44 bits per heavy atom. The fourth-order valence-electron chi connectivity index (χ4n) is 4.36. The van der Waals surface area contributed by atoms with Gasteiger partial charge < -0.3 is 14.8 Å². The number of aromatic nitrogens is 2. The Bertz CT molecular complexity index is 1670. The van der Waals surface area contributed by atoms with E-state index in [4.69, 9.17) is 4.74 Å². The Kier molecular flexibility index (Phi) is 5.77. The van der Waals surface area contributed by atoms with Gasteiger partial charge in [-0.3, -0.25) is 14.6 Å². The second-order valence-electron chi connectivity index (χ2n) is 8.45. The molecule has 1 aromatic heterocycles. The van der Waals surface area contributed by atoms with Crippen molar-refractivity contribution in [1.82, 2.24) is 9.97 Å². The molecule has 0 radical (unpaired) electrons. The van der Waals surface area contributed by atoms with E-state index in [2.05, 4.69) is 9.97 Å². The topological polar surface area (TPSA) is 116 Å². The van der Waals surface area contributed by atoms with Crippen molar-refractivity contribution < 1.29 is 46.2 Å². The number of anilines is 2. The number of amides is 2. The maximum absolute atomic E-state index is 14.3. The predicted molar refractivity (Wildman–Crippen MR) is 125 cm³/mol.